The number of carbonyl (C=O) groups excluding carboxylic acids is 1. The number of rotatable bonds is 7. The molecule has 5 aromatic rings. The molecule has 2 heterocycles. The maximum absolute atomic E-state index is 13.6. The van der Waals surface area contributed by atoms with Crippen LogP contribution in [0, 0.1) is 5.82 Å². The Balaban J connectivity index is 1.35. The van der Waals surface area contributed by atoms with Crippen LogP contribution in [0.1, 0.15) is 34.5 Å². The first kappa shape index (κ1) is 23.7. The molecule has 6 rings (SSSR count). The molecule has 1 saturated carbocycles. The molecular weight excluding hydrogens is 477 g/mol. The minimum Gasteiger partial charge on any atom is -0.455 e. The van der Waals surface area contributed by atoms with Gasteiger partial charge >= 0.3 is 0 Å². The summed E-state index contributed by atoms with van der Waals surface area (Å²) in [6.07, 6.45) is 3.51. The largest absolute Gasteiger partial charge is 0.455 e. The summed E-state index contributed by atoms with van der Waals surface area (Å²) in [6.45, 7) is 4.17. The molecule has 188 valence electrons. The van der Waals surface area contributed by atoms with Crippen molar-refractivity contribution in [2.45, 2.75) is 18.4 Å². The Kier molecular flexibility index (Phi) is 5.80. The van der Waals surface area contributed by atoms with Crippen LogP contribution in [0.2, 0.25) is 0 Å². The van der Waals surface area contributed by atoms with Gasteiger partial charge in [0.05, 0.1) is 16.8 Å². The number of hydrogen-bond acceptors (Lipinski definition) is 4. The number of aromatic nitrogens is 1. The summed E-state index contributed by atoms with van der Waals surface area (Å²) in [5, 5.41) is 7.20. The fraction of sp³-hybridized carbons (Fsp3) is 0.125. The van der Waals surface area contributed by atoms with Crippen molar-refractivity contribution >= 4 is 22.6 Å². The third-order valence-corrected chi connectivity index (χ3v) is 7.11. The highest BCUT2D eigenvalue weighted by Crippen LogP contribution is 2.44. The van der Waals surface area contributed by atoms with Crippen LogP contribution in [0.5, 0.6) is 0 Å². The molecule has 3 aromatic carbocycles. The van der Waals surface area contributed by atoms with E-state index in [1.165, 1.54) is 12.1 Å². The van der Waals surface area contributed by atoms with E-state index in [0.717, 1.165) is 46.2 Å². The third kappa shape index (κ3) is 4.24. The minimum absolute atomic E-state index is 0.123. The third-order valence-electron chi connectivity index (χ3n) is 7.11. The van der Waals surface area contributed by atoms with Gasteiger partial charge in [0, 0.05) is 35.5 Å². The first-order valence-electron chi connectivity index (χ1n) is 12.5. The van der Waals surface area contributed by atoms with Crippen molar-refractivity contribution in [1.29, 1.82) is 0 Å². The van der Waals surface area contributed by atoms with E-state index in [2.05, 4.69) is 22.2 Å². The summed E-state index contributed by atoms with van der Waals surface area (Å²) in [6, 6.07) is 25.5. The molecular formula is C32H26FN3O2. The number of hydrogen-bond donors (Lipinski definition) is 2. The summed E-state index contributed by atoms with van der Waals surface area (Å²) in [5.74, 6) is 0.189. The Morgan fingerprint density at radius 2 is 1.71 bits per heavy atom. The highest BCUT2D eigenvalue weighted by Gasteiger charge is 2.47. The standard InChI is InChI=1S/C32H26FN3O2/c1-20(34-2)29-26-19-23(11-14-27(26)38-30(29)21-9-12-25(33)13-10-21)22-6-5-7-24(18-22)31(37)36-32(15-16-32)28-8-3-4-17-35-28/h3-14,17-19,34H,1,15-16H2,2H3,(H,36,37). The Hall–Kier alpha value is -4.71. The lowest BCUT2D eigenvalue weighted by Gasteiger charge is -2.17. The van der Waals surface area contributed by atoms with Gasteiger partial charge in [0.25, 0.3) is 5.91 Å². The second kappa shape index (κ2) is 9.30. The van der Waals surface area contributed by atoms with E-state index < -0.39 is 0 Å². The lowest BCUT2D eigenvalue weighted by molar-refractivity contribution is 0.0930. The Labute approximate surface area is 220 Å². The average molecular weight is 504 g/mol. The fourth-order valence-corrected chi connectivity index (χ4v) is 4.85. The molecule has 2 N–H and O–H groups in total. The van der Waals surface area contributed by atoms with Crippen LogP contribution < -0.4 is 10.6 Å². The van der Waals surface area contributed by atoms with Crippen molar-refractivity contribution in [3.63, 3.8) is 0 Å². The number of fused-ring (bicyclic) bond motifs is 1. The molecule has 5 nitrogen and oxygen atoms in total. The Bertz CT molecular complexity index is 1670. The topological polar surface area (TPSA) is 67.2 Å². The van der Waals surface area contributed by atoms with Gasteiger partial charge in [0.1, 0.15) is 17.2 Å². The monoisotopic (exact) mass is 503 g/mol. The molecule has 1 amide bonds. The summed E-state index contributed by atoms with van der Waals surface area (Å²) in [5.41, 5.74) is 5.91. The van der Waals surface area contributed by atoms with Crippen molar-refractivity contribution < 1.29 is 13.6 Å². The number of pyridine rings is 1. The van der Waals surface area contributed by atoms with E-state index in [9.17, 15) is 9.18 Å². The molecule has 0 saturated heterocycles. The average Bonchev–Trinajstić information content (AvgIpc) is 3.64. The molecule has 2 aromatic heterocycles. The summed E-state index contributed by atoms with van der Waals surface area (Å²) in [4.78, 5) is 17.7. The number of halogens is 1. The van der Waals surface area contributed by atoms with Crippen LogP contribution >= 0.6 is 0 Å². The molecule has 1 fully saturated rings. The van der Waals surface area contributed by atoms with Crippen LogP contribution in [0.15, 0.2) is 102 Å². The second-order valence-electron chi connectivity index (χ2n) is 9.58. The van der Waals surface area contributed by atoms with E-state index in [1.807, 2.05) is 60.7 Å². The molecule has 1 aliphatic carbocycles. The van der Waals surface area contributed by atoms with Gasteiger partial charge in [-0.05, 0) is 84.6 Å². The highest BCUT2D eigenvalue weighted by molar-refractivity contribution is 6.00. The molecule has 0 unspecified atom stereocenters. The number of furan rings is 1. The van der Waals surface area contributed by atoms with Gasteiger partial charge in [-0.15, -0.1) is 0 Å². The van der Waals surface area contributed by atoms with Gasteiger partial charge in [-0.3, -0.25) is 9.78 Å². The zero-order valence-electron chi connectivity index (χ0n) is 20.9. The highest BCUT2D eigenvalue weighted by atomic mass is 19.1. The van der Waals surface area contributed by atoms with E-state index >= 15 is 0 Å². The number of nitrogens with zero attached hydrogens (tertiary/aromatic N) is 1. The normalized spacial score (nSPS) is 13.7. The predicted molar refractivity (Wildman–Crippen MR) is 148 cm³/mol. The van der Waals surface area contributed by atoms with Crippen LogP contribution in [0.3, 0.4) is 0 Å². The number of nitrogens with one attached hydrogen (secondary N) is 2. The molecule has 0 radical (unpaired) electrons. The molecule has 6 heteroatoms. The van der Waals surface area contributed by atoms with E-state index in [-0.39, 0.29) is 17.3 Å². The van der Waals surface area contributed by atoms with Crippen molar-refractivity contribution in [3.8, 4) is 22.5 Å². The smallest absolute Gasteiger partial charge is 0.252 e. The van der Waals surface area contributed by atoms with Gasteiger partial charge in [0.15, 0.2) is 0 Å². The van der Waals surface area contributed by atoms with Gasteiger partial charge < -0.3 is 15.1 Å². The lowest BCUT2D eigenvalue weighted by atomic mass is 9.98. The molecule has 38 heavy (non-hydrogen) atoms. The van der Waals surface area contributed by atoms with Gasteiger partial charge in [-0.25, -0.2) is 4.39 Å². The minimum atomic E-state index is -0.386. The van der Waals surface area contributed by atoms with Crippen LogP contribution in [-0.2, 0) is 5.54 Å². The molecule has 0 spiro atoms. The maximum Gasteiger partial charge on any atom is 0.252 e. The zero-order valence-corrected chi connectivity index (χ0v) is 20.9. The number of carbonyl (C=O) groups is 1. The first-order valence-corrected chi connectivity index (χ1v) is 12.5. The van der Waals surface area contributed by atoms with Crippen molar-refractivity contribution in [1.82, 2.24) is 15.6 Å². The quantitative estimate of drug-likeness (QED) is 0.253. The Morgan fingerprint density at radius 1 is 0.947 bits per heavy atom. The predicted octanol–water partition coefficient (Wildman–Crippen LogP) is 6.91. The summed E-state index contributed by atoms with van der Waals surface area (Å²) < 4.78 is 19.8. The maximum atomic E-state index is 13.6. The number of amides is 1. The first-order chi connectivity index (χ1) is 18.5. The zero-order chi connectivity index (χ0) is 26.3. The second-order valence-corrected chi connectivity index (χ2v) is 9.58. The van der Waals surface area contributed by atoms with E-state index in [0.29, 0.717) is 22.6 Å². The van der Waals surface area contributed by atoms with Gasteiger partial charge in [-0.2, -0.15) is 0 Å². The van der Waals surface area contributed by atoms with Crippen LogP contribution in [-0.4, -0.2) is 17.9 Å². The molecule has 0 bridgehead atoms. The SMILES string of the molecule is C=C(NC)c1c(-c2ccc(F)cc2)oc2ccc(-c3cccc(C(=O)NC4(c5ccccn5)CC4)c3)cc12. The van der Waals surface area contributed by atoms with E-state index in [1.54, 1.807) is 25.4 Å². The van der Waals surface area contributed by atoms with Crippen molar-refractivity contribution in [2.24, 2.45) is 0 Å². The van der Waals surface area contributed by atoms with Crippen LogP contribution in [0.4, 0.5) is 4.39 Å². The van der Waals surface area contributed by atoms with Crippen molar-refractivity contribution in [3.05, 3.63) is 120 Å². The van der Waals surface area contributed by atoms with E-state index in [4.69, 9.17) is 4.42 Å². The Morgan fingerprint density at radius 3 is 2.42 bits per heavy atom. The molecule has 0 atom stereocenters. The number of benzene rings is 3. The fourth-order valence-electron chi connectivity index (χ4n) is 4.85. The van der Waals surface area contributed by atoms with Gasteiger partial charge in [-0.1, -0.05) is 30.8 Å². The molecule has 0 aliphatic heterocycles. The summed E-state index contributed by atoms with van der Waals surface area (Å²) in [7, 11) is 1.80. The summed E-state index contributed by atoms with van der Waals surface area (Å²) >= 11 is 0. The van der Waals surface area contributed by atoms with Crippen molar-refractivity contribution in [2.75, 3.05) is 7.05 Å². The van der Waals surface area contributed by atoms with Gasteiger partial charge in [0.2, 0.25) is 0 Å². The van der Waals surface area contributed by atoms with Crippen LogP contribution in [0.25, 0.3) is 39.1 Å². The molecule has 1 aliphatic rings. The lowest BCUT2D eigenvalue weighted by Crippen LogP contribution is -2.35.